The third-order valence-corrected chi connectivity index (χ3v) is 3.56. The minimum Gasteiger partial charge on any atom is -0.331 e. The monoisotopic (exact) mass is 200 g/mol. The molecule has 0 bridgehead atoms. The number of benzene rings is 1. The zero-order chi connectivity index (χ0) is 10.4. The maximum atomic E-state index is 4.73. The molecule has 1 aromatic heterocycles. The molecular formula is C13H16N2. The number of hydrogen-bond acceptors (Lipinski definition) is 1. The molecule has 0 amide bonds. The van der Waals surface area contributed by atoms with Crippen molar-refractivity contribution < 1.29 is 0 Å². The number of aromatic nitrogens is 2. The highest BCUT2D eigenvalue weighted by atomic mass is 15.1. The van der Waals surface area contributed by atoms with Gasteiger partial charge in [0, 0.05) is 13.0 Å². The predicted molar refractivity (Wildman–Crippen MR) is 61.9 cm³/mol. The van der Waals surface area contributed by atoms with Crippen molar-refractivity contribution in [2.45, 2.75) is 25.7 Å². The number of hydrogen-bond donors (Lipinski definition) is 0. The van der Waals surface area contributed by atoms with E-state index in [0.717, 1.165) is 11.4 Å². The number of aryl methyl sites for hydroxylation is 1. The van der Waals surface area contributed by atoms with E-state index in [1.807, 2.05) is 0 Å². The molecule has 3 rings (SSSR count). The Bertz CT molecular complexity index is 492. The Morgan fingerprint density at radius 2 is 2.00 bits per heavy atom. The summed E-state index contributed by atoms with van der Waals surface area (Å²) in [6, 6.07) is 8.38. The van der Waals surface area contributed by atoms with Crippen LogP contribution in [0.25, 0.3) is 11.0 Å². The molecule has 1 fully saturated rings. The second-order valence-electron chi connectivity index (χ2n) is 4.79. The van der Waals surface area contributed by atoms with Crippen LogP contribution in [-0.4, -0.2) is 9.55 Å². The molecule has 1 aliphatic carbocycles. The fourth-order valence-corrected chi connectivity index (χ4v) is 2.64. The molecule has 15 heavy (non-hydrogen) atoms. The number of para-hydroxylation sites is 2. The molecule has 0 radical (unpaired) electrons. The van der Waals surface area contributed by atoms with E-state index in [4.69, 9.17) is 4.98 Å². The van der Waals surface area contributed by atoms with E-state index < -0.39 is 0 Å². The lowest BCUT2D eigenvalue weighted by molar-refractivity contribution is 0.274. The first-order valence-corrected chi connectivity index (χ1v) is 5.67. The van der Waals surface area contributed by atoms with Crippen LogP contribution in [0.1, 0.15) is 31.5 Å². The summed E-state index contributed by atoms with van der Waals surface area (Å²) in [5.41, 5.74) is 2.39. The van der Waals surface area contributed by atoms with Gasteiger partial charge in [-0.2, -0.15) is 0 Å². The van der Waals surface area contributed by atoms with Crippen molar-refractivity contribution in [2.75, 3.05) is 0 Å². The highest BCUT2D eigenvalue weighted by Crippen LogP contribution is 2.41. The Morgan fingerprint density at radius 1 is 1.27 bits per heavy atom. The molecule has 2 heteroatoms. The van der Waals surface area contributed by atoms with Gasteiger partial charge in [0.1, 0.15) is 5.82 Å². The average molecular weight is 200 g/mol. The first-order valence-electron chi connectivity index (χ1n) is 5.67. The third-order valence-electron chi connectivity index (χ3n) is 3.56. The zero-order valence-corrected chi connectivity index (χ0v) is 9.27. The van der Waals surface area contributed by atoms with Crippen molar-refractivity contribution >= 4 is 11.0 Å². The fourth-order valence-electron chi connectivity index (χ4n) is 2.64. The predicted octanol–water partition coefficient (Wildman–Crippen LogP) is 3.09. The average Bonchev–Trinajstić information content (AvgIpc) is 2.52. The number of rotatable bonds is 1. The summed E-state index contributed by atoms with van der Waals surface area (Å²) < 4.78 is 2.26. The molecular weight excluding hydrogens is 184 g/mol. The van der Waals surface area contributed by atoms with E-state index in [0.29, 0.717) is 5.92 Å². The van der Waals surface area contributed by atoms with Crippen LogP contribution in [0.4, 0.5) is 0 Å². The molecule has 2 nitrogen and oxygen atoms in total. The summed E-state index contributed by atoms with van der Waals surface area (Å²) >= 11 is 0. The number of imidazole rings is 1. The summed E-state index contributed by atoms with van der Waals surface area (Å²) in [5, 5.41) is 0. The molecule has 78 valence electrons. The summed E-state index contributed by atoms with van der Waals surface area (Å²) in [5.74, 6) is 2.85. The van der Waals surface area contributed by atoms with Gasteiger partial charge in [0.05, 0.1) is 11.0 Å². The van der Waals surface area contributed by atoms with Crippen molar-refractivity contribution in [3.63, 3.8) is 0 Å². The molecule has 0 N–H and O–H groups in total. The summed E-state index contributed by atoms with van der Waals surface area (Å²) in [6.45, 7) is 2.32. The van der Waals surface area contributed by atoms with Gasteiger partial charge in [-0.15, -0.1) is 0 Å². The standard InChI is InChI=1S/C13H16N2/c1-9-7-10(8-9)13-14-11-5-3-4-6-12(11)15(13)2/h3-6,9-10H,7-8H2,1-2H3. The van der Waals surface area contributed by atoms with E-state index in [-0.39, 0.29) is 0 Å². The lowest BCUT2D eigenvalue weighted by Crippen LogP contribution is -2.21. The SMILES string of the molecule is CC1CC(c2nc3ccccc3n2C)C1. The lowest BCUT2D eigenvalue weighted by Gasteiger charge is -2.31. The molecule has 2 aromatic rings. The maximum absolute atomic E-state index is 4.73. The number of nitrogens with zero attached hydrogens (tertiary/aromatic N) is 2. The first kappa shape index (κ1) is 8.96. The zero-order valence-electron chi connectivity index (χ0n) is 9.27. The second kappa shape index (κ2) is 3.09. The van der Waals surface area contributed by atoms with E-state index in [2.05, 4.69) is 42.8 Å². The smallest absolute Gasteiger partial charge is 0.112 e. The molecule has 0 aliphatic heterocycles. The highest BCUT2D eigenvalue weighted by Gasteiger charge is 2.30. The van der Waals surface area contributed by atoms with Gasteiger partial charge in [0.2, 0.25) is 0 Å². The molecule has 1 heterocycles. The minimum absolute atomic E-state index is 0.692. The number of fused-ring (bicyclic) bond motifs is 1. The Labute approximate surface area is 89.9 Å². The topological polar surface area (TPSA) is 17.8 Å². The normalized spacial score (nSPS) is 25.5. The van der Waals surface area contributed by atoms with Crippen LogP contribution < -0.4 is 0 Å². The van der Waals surface area contributed by atoms with Crippen LogP contribution in [0.5, 0.6) is 0 Å². The first-order chi connectivity index (χ1) is 7.25. The Morgan fingerprint density at radius 3 is 2.67 bits per heavy atom. The minimum atomic E-state index is 0.692. The van der Waals surface area contributed by atoms with Crippen molar-refractivity contribution in [3.8, 4) is 0 Å². The van der Waals surface area contributed by atoms with Gasteiger partial charge in [-0.1, -0.05) is 19.1 Å². The molecule has 1 aliphatic rings. The van der Waals surface area contributed by atoms with Gasteiger partial charge in [-0.05, 0) is 30.9 Å². The van der Waals surface area contributed by atoms with Crippen LogP contribution in [0, 0.1) is 5.92 Å². The van der Waals surface area contributed by atoms with Gasteiger partial charge in [0.25, 0.3) is 0 Å². The van der Waals surface area contributed by atoms with Crippen LogP contribution in [-0.2, 0) is 7.05 Å². The fraction of sp³-hybridized carbons (Fsp3) is 0.462. The van der Waals surface area contributed by atoms with Gasteiger partial charge >= 0.3 is 0 Å². The van der Waals surface area contributed by atoms with Crippen molar-refractivity contribution in [1.29, 1.82) is 0 Å². The van der Waals surface area contributed by atoms with Crippen LogP contribution in [0.3, 0.4) is 0 Å². The molecule has 0 saturated heterocycles. The molecule has 1 saturated carbocycles. The molecule has 0 atom stereocenters. The molecule has 1 aromatic carbocycles. The van der Waals surface area contributed by atoms with Gasteiger partial charge in [-0.25, -0.2) is 4.98 Å². The Balaban J connectivity index is 2.08. The van der Waals surface area contributed by atoms with E-state index in [9.17, 15) is 0 Å². The highest BCUT2D eigenvalue weighted by molar-refractivity contribution is 5.75. The second-order valence-corrected chi connectivity index (χ2v) is 4.79. The van der Waals surface area contributed by atoms with E-state index >= 15 is 0 Å². The van der Waals surface area contributed by atoms with Crippen molar-refractivity contribution in [3.05, 3.63) is 30.1 Å². The molecule has 0 spiro atoms. The Hall–Kier alpha value is -1.31. The van der Waals surface area contributed by atoms with Gasteiger partial charge < -0.3 is 4.57 Å². The van der Waals surface area contributed by atoms with Crippen LogP contribution >= 0.6 is 0 Å². The van der Waals surface area contributed by atoms with Crippen molar-refractivity contribution in [2.24, 2.45) is 13.0 Å². The van der Waals surface area contributed by atoms with Crippen molar-refractivity contribution in [1.82, 2.24) is 9.55 Å². The largest absolute Gasteiger partial charge is 0.331 e. The summed E-state index contributed by atoms with van der Waals surface area (Å²) in [7, 11) is 2.13. The quantitative estimate of drug-likeness (QED) is 0.691. The van der Waals surface area contributed by atoms with Gasteiger partial charge in [-0.3, -0.25) is 0 Å². The molecule has 0 unspecified atom stereocenters. The van der Waals surface area contributed by atoms with Gasteiger partial charge in [0.15, 0.2) is 0 Å². The Kier molecular flexibility index (Phi) is 1.84. The van der Waals surface area contributed by atoms with E-state index in [1.165, 1.54) is 24.2 Å². The van der Waals surface area contributed by atoms with Crippen LogP contribution in [0.15, 0.2) is 24.3 Å². The van der Waals surface area contributed by atoms with E-state index in [1.54, 1.807) is 0 Å². The third kappa shape index (κ3) is 1.28. The summed E-state index contributed by atoms with van der Waals surface area (Å²) in [4.78, 5) is 4.73. The lowest BCUT2D eigenvalue weighted by atomic mass is 9.76. The maximum Gasteiger partial charge on any atom is 0.112 e. The van der Waals surface area contributed by atoms with Crippen LogP contribution in [0.2, 0.25) is 0 Å². The summed E-state index contributed by atoms with van der Waals surface area (Å²) in [6.07, 6.45) is 2.61.